The Hall–Kier alpha value is -1.03. The van der Waals surface area contributed by atoms with E-state index in [4.69, 9.17) is 18.0 Å². The van der Waals surface area contributed by atoms with Crippen LogP contribution in [0.15, 0.2) is 29.2 Å². The molecule has 0 aliphatic carbocycles. The molecule has 9 heteroatoms. The summed E-state index contributed by atoms with van der Waals surface area (Å²) in [4.78, 5) is 0.154. The van der Waals surface area contributed by atoms with Crippen LogP contribution in [0.4, 0.5) is 0 Å². The summed E-state index contributed by atoms with van der Waals surface area (Å²) < 4.78 is 48.2. The van der Waals surface area contributed by atoms with Gasteiger partial charge in [-0.3, -0.25) is 0 Å². The van der Waals surface area contributed by atoms with E-state index < -0.39 is 19.9 Å². The van der Waals surface area contributed by atoms with Crippen LogP contribution >= 0.6 is 12.2 Å². The number of sulfone groups is 1. The Labute approximate surface area is 124 Å². The van der Waals surface area contributed by atoms with Crippen molar-refractivity contribution in [3.8, 4) is 0 Å². The molecule has 0 bridgehead atoms. The topological polar surface area (TPSA) is 106 Å². The number of thiocarbonyl (C=S) groups is 1. The van der Waals surface area contributed by atoms with Crippen molar-refractivity contribution >= 4 is 37.1 Å². The molecule has 0 saturated heterocycles. The molecule has 0 saturated carbocycles. The fourth-order valence-electron chi connectivity index (χ4n) is 1.44. The zero-order chi connectivity index (χ0) is 15.4. The third-order valence-corrected chi connectivity index (χ3v) is 5.14. The van der Waals surface area contributed by atoms with Crippen LogP contribution < -0.4 is 10.5 Å². The summed E-state index contributed by atoms with van der Waals surface area (Å²) >= 11 is 4.79. The molecule has 1 aromatic carbocycles. The van der Waals surface area contributed by atoms with E-state index in [9.17, 15) is 16.8 Å². The fourth-order valence-corrected chi connectivity index (χ4v) is 3.36. The van der Waals surface area contributed by atoms with Crippen LogP contribution in [0.25, 0.3) is 0 Å². The number of nitrogens with one attached hydrogen (secondary N) is 1. The Morgan fingerprint density at radius 3 is 2.50 bits per heavy atom. The molecule has 0 aliphatic rings. The third-order valence-electron chi connectivity index (χ3n) is 2.41. The quantitative estimate of drug-likeness (QED) is 0.538. The van der Waals surface area contributed by atoms with Crippen molar-refractivity contribution in [2.75, 3.05) is 18.6 Å². The molecule has 112 valence electrons. The molecule has 0 aliphatic heterocycles. The maximum atomic E-state index is 12.0. The highest BCUT2D eigenvalue weighted by atomic mass is 32.2. The van der Waals surface area contributed by atoms with Crippen LogP contribution in [0.3, 0.4) is 0 Å². The lowest BCUT2D eigenvalue weighted by Gasteiger charge is -2.07. The molecule has 0 radical (unpaired) electrons. The first-order valence-electron chi connectivity index (χ1n) is 5.69. The Morgan fingerprint density at radius 1 is 1.30 bits per heavy atom. The van der Waals surface area contributed by atoms with Crippen LogP contribution in [0, 0.1) is 0 Å². The standard InChI is InChI=1S/C11H16N2O4S3/c1-19(14,15)7-3-6-13-20(16,17)10-5-2-4-9(8-10)11(12)18/h2,4-5,8,13H,3,6-7H2,1H3,(H2,12,18). The van der Waals surface area contributed by atoms with Crippen molar-refractivity contribution in [2.24, 2.45) is 5.73 Å². The van der Waals surface area contributed by atoms with Gasteiger partial charge in [-0.05, 0) is 18.6 Å². The lowest BCUT2D eigenvalue weighted by atomic mass is 10.2. The molecule has 0 amide bonds. The summed E-state index contributed by atoms with van der Waals surface area (Å²) in [5.74, 6) is -0.0670. The maximum Gasteiger partial charge on any atom is 0.240 e. The Bertz CT molecular complexity index is 696. The van der Waals surface area contributed by atoms with E-state index in [1.807, 2.05) is 0 Å². The zero-order valence-electron chi connectivity index (χ0n) is 10.9. The van der Waals surface area contributed by atoms with Crippen LogP contribution in [0.5, 0.6) is 0 Å². The van der Waals surface area contributed by atoms with Gasteiger partial charge in [0.1, 0.15) is 14.8 Å². The number of rotatable bonds is 7. The minimum Gasteiger partial charge on any atom is -0.389 e. The summed E-state index contributed by atoms with van der Waals surface area (Å²) in [5.41, 5.74) is 5.90. The van der Waals surface area contributed by atoms with Crippen molar-refractivity contribution < 1.29 is 16.8 Å². The molecule has 0 atom stereocenters. The highest BCUT2D eigenvalue weighted by Gasteiger charge is 2.14. The van der Waals surface area contributed by atoms with Gasteiger partial charge in [0.15, 0.2) is 0 Å². The van der Waals surface area contributed by atoms with Gasteiger partial charge in [0.25, 0.3) is 0 Å². The lowest BCUT2D eigenvalue weighted by molar-refractivity contribution is 0.577. The molecule has 0 aromatic heterocycles. The van der Waals surface area contributed by atoms with E-state index in [-0.39, 0.29) is 28.6 Å². The highest BCUT2D eigenvalue weighted by Crippen LogP contribution is 2.11. The van der Waals surface area contributed by atoms with E-state index in [1.54, 1.807) is 12.1 Å². The molecular weight excluding hydrogens is 320 g/mol. The number of sulfonamides is 1. The molecule has 1 rings (SSSR count). The molecule has 0 heterocycles. The maximum absolute atomic E-state index is 12.0. The van der Waals surface area contributed by atoms with E-state index in [2.05, 4.69) is 4.72 Å². The van der Waals surface area contributed by atoms with Crippen molar-refractivity contribution in [1.82, 2.24) is 4.72 Å². The first-order chi connectivity index (χ1) is 9.12. The van der Waals surface area contributed by atoms with E-state index >= 15 is 0 Å². The van der Waals surface area contributed by atoms with Gasteiger partial charge in [0.05, 0.1) is 10.6 Å². The van der Waals surface area contributed by atoms with Crippen LogP contribution in [0.2, 0.25) is 0 Å². The predicted octanol–water partition coefficient (Wildman–Crippen LogP) is 0.0338. The number of nitrogens with two attached hydrogens (primary N) is 1. The molecule has 6 nitrogen and oxygen atoms in total. The molecule has 20 heavy (non-hydrogen) atoms. The second-order valence-corrected chi connectivity index (χ2v) is 8.74. The Kier molecular flexibility index (Phi) is 5.63. The molecule has 0 fully saturated rings. The Balaban J connectivity index is 2.74. The van der Waals surface area contributed by atoms with Crippen molar-refractivity contribution in [3.63, 3.8) is 0 Å². The molecule has 0 spiro atoms. The highest BCUT2D eigenvalue weighted by molar-refractivity contribution is 7.90. The summed E-state index contributed by atoms with van der Waals surface area (Å²) in [6.07, 6.45) is 1.32. The summed E-state index contributed by atoms with van der Waals surface area (Å²) in [5, 5.41) is 0. The second kappa shape index (κ2) is 6.61. The average molecular weight is 336 g/mol. The van der Waals surface area contributed by atoms with Gasteiger partial charge < -0.3 is 5.73 Å². The van der Waals surface area contributed by atoms with Gasteiger partial charge in [-0.25, -0.2) is 21.6 Å². The number of hydrogen-bond donors (Lipinski definition) is 2. The van der Waals surface area contributed by atoms with Gasteiger partial charge in [-0.1, -0.05) is 24.4 Å². The van der Waals surface area contributed by atoms with Crippen molar-refractivity contribution in [3.05, 3.63) is 29.8 Å². The minimum atomic E-state index is -3.69. The van der Waals surface area contributed by atoms with E-state index in [0.29, 0.717) is 5.56 Å². The monoisotopic (exact) mass is 336 g/mol. The third kappa shape index (κ3) is 5.53. The van der Waals surface area contributed by atoms with E-state index in [1.165, 1.54) is 12.1 Å². The van der Waals surface area contributed by atoms with Gasteiger partial charge in [0.2, 0.25) is 10.0 Å². The van der Waals surface area contributed by atoms with Gasteiger partial charge in [-0.15, -0.1) is 0 Å². The van der Waals surface area contributed by atoms with Crippen molar-refractivity contribution in [1.29, 1.82) is 0 Å². The first-order valence-corrected chi connectivity index (χ1v) is 9.64. The van der Waals surface area contributed by atoms with Gasteiger partial charge in [0, 0.05) is 18.4 Å². The average Bonchev–Trinajstić information content (AvgIpc) is 2.34. The van der Waals surface area contributed by atoms with Crippen LogP contribution in [-0.4, -0.2) is 40.4 Å². The summed E-state index contributed by atoms with van der Waals surface area (Å²) in [7, 11) is -6.79. The minimum absolute atomic E-state index is 0.0437. The predicted molar refractivity (Wildman–Crippen MR) is 81.8 cm³/mol. The zero-order valence-corrected chi connectivity index (χ0v) is 13.3. The summed E-state index contributed by atoms with van der Waals surface area (Å²) in [6.45, 7) is 0.0483. The number of benzene rings is 1. The normalized spacial score (nSPS) is 12.2. The fraction of sp³-hybridized carbons (Fsp3) is 0.364. The van der Waals surface area contributed by atoms with Crippen molar-refractivity contribution in [2.45, 2.75) is 11.3 Å². The molecule has 3 N–H and O–H groups in total. The van der Waals surface area contributed by atoms with Gasteiger partial charge in [-0.2, -0.15) is 0 Å². The molecule has 0 unspecified atom stereocenters. The Morgan fingerprint density at radius 2 is 1.95 bits per heavy atom. The largest absolute Gasteiger partial charge is 0.389 e. The smallest absolute Gasteiger partial charge is 0.240 e. The number of hydrogen-bond acceptors (Lipinski definition) is 5. The summed E-state index contributed by atoms with van der Waals surface area (Å²) in [6, 6.07) is 5.95. The SMILES string of the molecule is CS(=O)(=O)CCCNS(=O)(=O)c1cccc(C(N)=S)c1. The van der Waals surface area contributed by atoms with Crippen LogP contribution in [-0.2, 0) is 19.9 Å². The first kappa shape index (κ1) is 17.0. The molecule has 1 aromatic rings. The second-order valence-electron chi connectivity index (χ2n) is 4.27. The lowest BCUT2D eigenvalue weighted by Crippen LogP contribution is -2.26. The molecular formula is C11H16N2O4S3. The van der Waals surface area contributed by atoms with E-state index in [0.717, 1.165) is 6.26 Å². The van der Waals surface area contributed by atoms with Gasteiger partial charge >= 0.3 is 0 Å². The van der Waals surface area contributed by atoms with Crippen LogP contribution in [0.1, 0.15) is 12.0 Å².